The van der Waals surface area contributed by atoms with E-state index in [9.17, 15) is 13.6 Å². The lowest BCUT2D eigenvalue weighted by Crippen LogP contribution is -2.39. The normalized spacial score (nSPS) is 11.1. The maximum absolute atomic E-state index is 13.6. The fourth-order valence-electron chi connectivity index (χ4n) is 2.28. The van der Waals surface area contributed by atoms with Gasteiger partial charge in [0.25, 0.3) is 0 Å². The molecule has 0 fully saturated rings. The first-order valence-corrected chi connectivity index (χ1v) is 8.39. The predicted molar refractivity (Wildman–Crippen MR) is 99.1 cm³/mol. The summed E-state index contributed by atoms with van der Waals surface area (Å²) in [4.78, 5) is 16.1. The number of hydrogen-bond donors (Lipinski definition) is 3. The topological polar surface area (TPSA) is 65.5 Å². The minimum atomic E-state index is -0.422. The third kappa shape index (κ3) is 6.51. The molecule has 0 aliphatic carbocycles. The molecule has 0 aliphatic heterocycles. The molecular weight excluding hydrogens is 338 g/mol. The summed E-state index contributed by atoms with van der Waals surface area (Å²) in [7, 11) is 0. The maximum atomic E-state index is 13.6. The Balaban J connectivity index is 1.85. The molecule has 0 saturated carbocycles. The van der Waals surface area contributed by atoms with E-state index in [4.69, 9.17) is 0 Å². The number of carbonyl (C=O) groups is 1. The summed E-state index contributed by atoms with van der Waals surface area (Å²) in [6.07, 6.45) is 0.493. The number of carbonyl (C=O) groups excluding carboxylic acids is 1. The zero-order valence-electron chi connectivity index (χ0n) is 14.6. The van der Waals surface area contributed by atoms with Gasteiger partial charge in [-0.3, -0.25) is 4.79 Å². The van der Waals surface area contributed by atoms with E-state index in [1.54, 1.807) is 24.3 Å². The van der Waals surface area contributed by atoms with E-state index in [1.165, 1.54) is 24.3 Å². The summed E-state index contributed by atoms with van der Waals surface area (Å²) in [5.74, 6) is -0.569. The lowest BCUT2D eigenvalue weighted by atomic mass is 10.1. The predicted octanol–water partition coefficient (Wildman–Crippen LogP) is 2.70. The standard InChI is InChI=1S/C19H22F2N4O/c1-2-22-19(23-11-10-14-6-3-4-9-17(14)21)24-13-18(26)25-16-8-5-7-15(20)12-16/h3-9,12H,2,10-11,13H2,1H3,(H,25,26)(H2,22,23,24). The average Bonchev–Trinajstić information content (AvgIpc) is 2.61. The van der Waals surface area contributed by atoms with Crippen LogP contribution in [0.2, 0.25) is 0 Å². The SMILES string of the molecule is CCNC(=NCC(=O)Nc1cccc(F)c1)NCCc1ccccc1F. The molecule has 5 nitrogen and oxygen atoms in total. The average molecular weight is 360 g/mol. The van der Waals surface area contributed by atoms with Crippen LogP contribution in [-0.4, -0.2) is 31.5 Å². The van der Waals surface area contributed by atoms with Crippen molar-refractivity contribution < 1.29 is 13.6 Å². The molecule has 0 saturated heterocycles. The van der Waals surface area contributed by atoms with Crippen LogP contribution >= 0.6 is 0 Å². The minimum Gasteiger partial charge on any atom is -0.357 e. The second-order valence-electron chi connectivity index (χ2n) is 5.52. The molecule has 2 aromatic carbocycles. The van der Waals surface area contributed by atoms with E-state index in [0.717, 1.165) is 0 Å². The number of aliphatic imine (C=N–C) groups is 1. The van der Waals surface area contributed by atoms with Crippen LogP contribution in [0.1, 0.15) is 12.5 Å². The molecule has 0 aliphatic rings. The van der Waals surface area contributed by atoms with Crippen LogP contribution in [-0.2, 0) is 11.2 Å². The highest BCUT2D eigenvalue weighted by Gasteiger charge is 2.05. The fraction of sp³-hybridized carbons (Fsp3) is 0.263. The van der Waals surface area contributed by atoms with Gasteiger partial charge < -0.3 is 16.0 Å². The van der Waals surface area contributed by atoms with Gasteiger partial charge in [0, 0.05) is 18.8 Å². The van der Waals surface area contributed by atoms with Crippen LogP contribution in [0.25, 0.3) is 0 Å². The fourth-order valence-corrected chi connectivity index (χ4v) is 2.28. The van der Waals surface area contributed by atoms with Crippen molar-refractivity contribution in [1.29, 1.82) is 0 Å². The Kier molecular flexibility index (Phi) is 7.54. The molecule has 0 bridgehead atoms. The van der Waals surface area contributed by atoms with Gasteiger partial charge in [-0.05, 0) is 43.2 Å². The number of anilines is 1. The Morgan fingerprint density at radius 3 is 2.62 bits per heavy atom. The van der Waals surface area contributed by atoms with E-state index in [-0.39, 0.29) is 18.3 Å². The second-order valence-corrected chi connectivity index (χ2v) is 5.52. The van der Waals surface area contributed by atoms with Gasteiger partial charge in [-0.15, -0.1) is 0 Å². The van der Waals surface area contributed by atoms with Crippen LogP contribution in [0, 0.1) is 11.6 Å². The molecule has 0 unspecified atom stereocenters. The zero-order chi connectivity index (χ0) is 18.8. The Morgan fingerprint density at radius 1 is 1.08 bits per heavy atom. The number of halogens is 2. The van der Waals surface area contributed by atoms with Crippen molar-refractivity contribution >= 4 is 17.6 Å². The highest BCUT2D eigenvalue weighted by Crippen LogP contribution is 2.08. The van der Waals surface area contributed by atoms with E-state index in [2.05, 4.69) is 20.9 Å². The van der Waals surface area contributed by atoms with E-state index >= 15 is 0 Å². The molecule has 0 heterocycles. The molecule has 7 heteroatoms. The van der Waals surface area contributed by atoms with Crippen molar-refractivity contribution in [3.63, 3.8) is 0 Å². The second kappa shape index (κ2) is 10.1. The number of benzene rings is 2. The van der Waals surface area contributed by atoms with E-state index < -0.39 is 5.82 Å². The molecule has 0 radical (unpaired) electrons. The third-order valence-corrected chi connectivity index (χ3v) is 3.48. The van der Waals surface area contributed by atoms with E-state index in [1.807, 2.05) is 6.92 Å². The Labute approximate surface area is 151 Å². The molecule has 1 amide bonds. The van der Waals surface area contributed by atoms with Gasteiger partial charge in [0.05, 0.1) is 0 Å². The van der Waals surface area contributed by atoms with Crippen molar-refractivity contribution in [2.75, 3.05) is 25.0 Å². The number of amides is 1. The summed E-state index contributed by atoms with van der Waals surface area (Å²) in [6, 6.07) is 12.2. The minimum absolute atomic E-state index is 0.119. The molecule has 138 valence electrons. The number of nitrogens with one attached hydrogen (secondary N) is 3. The van der Waals surface area contributed by atoms with Gasteiger partial charge in [-0.25, -0.2) is 13.8 Å². The first kappa shape index (κ1) is 19.4. The largest absolute Gasteiger partial charge is 0.357 e. The highest BCUT2D eigenvalue weighted by molar-refractivity contribution is 5.94. The quantitative estimate of drug-likeness (QED) is 0.525. The smallest absolute Gasteiger partial charge is 0.246 e. The van der Waals surface area contributed by atoms with Crippen molar-refractivity contribution in [1.82, 2.24) is 10.6 Å². The van der Waals surface area contributed by atoms with Gasteiger partial charge in [0.2, 0.25) is 5.91 Å². The number of hydrogen-bond acceptors (Lipinski definition) is 2. The molecule has 0 atom stereocenters. The van der Waals surface area contributed by atoms with Crippen molar-refractivity contribution in [2.24, 2.45) is 4.99 Å². The molecule has 2 aromatic rings. The Bertz CT molecular complexity index is 765. The third-order valence-electron chi connectivity index (χ3n) is 3.48. The first-order chi connectivity index (χ1) is 12.6. The molecule has 0 aromatic heterocycles. The molecule has 2 rings (SSSR count). The molecule has 0 spiro atoms. The molecule has 26 heavy (non-hydrogen) atoms. The monoisotopic (exact) mass is 360 g/mol. The summed E-state index contributed by atoms with van der Waals surface area (Å²) in [5, 5.41) is 8.65. The maximum Gasteiger partial charge on any atom is 0.246 e. The van der Waals surface area contributed by atoms with Gasteiger partial charge in [0.1, 0.15) is 18.2 Å². The zero-order valence-corrected chi connectivity index (χ0v) is 14.6. The summed E-state index contributed by atoms with van der Waals surface area (Å²) in [6.45, 7) is 2.88. The Morgan fingerprint density at radius 2 is 1.88 bits per heavy atom. The summed E-state index contributed by atoms with van der Waals surface area (Å²) >= 11 is 0. The van der Waals surface area contributed by atoms with Crippen LogP contribution in [0.4, 0.5) is 14.5 Å². The van der Waals surface area contributed by atoms with Gasteiger partial charge >= 0.3 is 0 Å². The van der Waals surface area contributed by atoms with Gasteiger partial charge in [0.15, 0.2) is 5.96 Å². The number of nitrogens with zero attached hydrogens (tertiary/aromatic N) is 1. The first-order valence-electron chi connectivity index (χ1n) is 8.39. The lowest BCUT2D eigenvalue weighted by molar-refractivity contribution is -0.114. The van der Waals surface area contributed by atoms with Gasteiger partial charge in [-0.1, -0.05) is 24.3 Å². The van der Waals surface area contributed by atoms with Crippen molar-refractivity contribution in [2.45, 2.75) is 13.3 Å². The van der Waals surface area contributed by atoms with Crippen molar-refractivity contribution in [3.8, 4) is 0 Å². The highest BCUT2D eigenvalue weighted by atomic mass is 19.1. The summed E-state index contributed by atoms with van der Waals surface area (Å²) < 4.78 is 26.7. The number of guanidine groups is 1. The van der Waals surface area contributed by atoms with Crippen LogP contribution < -0.4 is 16.0 Å². The lowest BCUT2D eigenvalue weighted by Gasteiger charge is -2.11. The molecular formula is C19H22F2N4O. The van der Waals surface area contributed by atoms with Gasteiger partial charge in [-0.2, -0.15) is 0 Å². The Hall–Kier alpha value is -2.96. The van der Waals surface area contributed by atoms with Crippen LogP contribution in [0.3, 0.4) is 0 Å². The number of rotatable bonds is 7. The molecule has 3 N–H and O–H groups in total. The van der Waals surface area contributed by atoms with Crippen LogP contribution in [0.5, 0.6) is 0 Å². The van der Waals surface area contributed by atoms with Crippen molar-refractivity contribution in [3.05, 3.63) is 65.7 Å². The van der Waals surface area contributed by atoms with E-state index in [0.29, 0.717) is 36.7 Å². The summed E-state index contributed by atoms with van der Waals surface area (Å²) in [5.41, 5.74) is 0.988. The van der Waals surface area contributed by atoms with Crippen LogP contribution in [0.15, 0.2) is 53.5 Å².